The number of ketones is 1. The lowest BCUT2D eigenvalue weighted by atomic mass is 10.1. The van der Waals surface area contributed by atoms with Crippen LogP contribution in [0.5, 0.6) is 0 Å². The number of hydrogen-bond acceptors (Lipinski definition) is 4. The number of hydrogen-bond donors (Lipinski definition) is 1. The first-order valence-electron chi connectivity index (χ1n) is 6.46. The first-order valence-corrected chi connectivity index (χ1v) is 7.22. The van der Waals surface area contributed by atoms with Gasteiger partial charge in [0.2, 0.25) is 0 Å². The summed E-state index contributed by atoms with van der Waals surface area (Å²) in [5, 5.41) is 9.99. The normalized spacial score (nSPS) is 23.8. The van der Waals surface area contributed by atoms with Crippen LogP contribution in [0.4, 0.5) is 0 Å². The highest BCUT2D eigenvalue weighted by Crippen LogP contribution is 2.23. The first kappa shape index (κ1) is 15.7. The van der Waals surface area contributed by atoms with Crippen molar-refractivity contribution in [1.29, 1.82) is 0 Å². The molecular formula is C14H17Cl2NO3. The third-order valence-electron chi connectivity index (χ3n) is 3.21. The molecule has 2 rings (SSSR count). The molecule has 1 N–H and O–H groups in total. The summed E-state index contributed by atoms with van der Waals surface area (Å²) in [4.78, 5) is 14.2. The largest absolute Gasteiger partial charge is 0.394 e. The summed E-state index contributed by atoms with van der Waals surface area (Å²) >= 11 is 11.8. The summed E-state index contributed by atoms with van der Waals surface area (Å²) in [6, 6.07) is 4.87. The standard InChI is InChI=1S/C14H17Cl2NO3/c1-9-5-17(6-11(8-18)20-9)7-14(19)10-2-3-12(15)13(16)4-10/h2-4,9,11,18H,5-8H2,1H3. The van der Waals surface area contributed by atoms with E-state index < -0.39 is 0 Å². The fourth-order valence-electron chi connectivity index (χ4n) is 2.33. The Balaban J connectivity index is 2.01. The third kappa shape index (κ3) is 3.93. The van der Waals surface area contributed by atoms with Gasteiger partial charge in [0.1, 0.15) is 0 Å². The summed E-state index contributed by atoms with van der Waals surface area (Å²) in [5.74, 6) is -0.0191. The molecule has 1 aromatic carbocycles. The van der Waals surface area contributed by atoms with Crippen molar-refractivity contribution in [3.8, 4) is 0 Å². The highest BCUT2D eigenvalue weighted by atomic mass is 35.5. The molecule has 1 aliphatic heterocycles. The van der Waals surface area contributed by atoms with Crippen molar-refractivity contribution in [1.82, 2.24) is 4.90 Å². The molecular weight excluding hydrogens is 301 g/mol. The number of morpholine rings is 1. The lowest BCUT2D eigenvalue weighted by molar-refractivity contribution is -0.0926. The lowest BCUT2D eigenvalue weighted by Gasteiger charge is -2.35. The zero-order valence-corrected chi connectivity index (χ0v) is 12.7. The number of Topliss-reactive ketones (excluding diaryl/α,β-unsaturated/α-hetero) is 1. The molecule has 0 saturated carbocycles. The molecule has 4 nitrogen and oxygen atoms in total. The Morgan fingerprint density at radius 1 is 1.40 bits per heavy atom. The number of halogens is 2. The molecule has 1 heterocycles. The van der Waals surface area contributed by atoms with Gasteiger partial charge >= 0.3 is 0 Å². The van der Waals surface area contributed by atoms with E-state index in [1.807, 2.05) is 11.8 Å². The molecule has 2 unspecified atom stereocenters. The van der Waals surface area contributed by atoms with Crippen molar-refractivity contribution < 1.29 is 14.6 Å². The number of benzene rings is 1. The van der Waals surface area contributed by atoms with Crippen molar-refractivity contribution >= 4 is 29.0 Å². The molecule has 1 aromatic rings. The van der Waals surface area contributed by atoms with E-state index in [1.54, 1.807) is 18.2 Å². The molecule has 0 radical (unpaired) electrons. The van der Waals surface area contributed by atoms with Gasteiger partial charge in [0.15, 0.2) is 5.78 Å². The van der Waals surface area contributed by atoms with E-state index in [1.165, 1.54) is 0 Å². The van der Waals surface area contributed by atoms with E-state index >= 15 is 0 Å². The Morgan fingerprint density at radius 3 is 2.80 bits per heavy atom. The molecule has 2 atom stereocenters. The van der Waals surface area contributed by atoms with E-state index in [-0.39, 0.29) is 31.1 Å². The molecule has 1 fully saturated rings. The van der Waals surface area contributed by atoms with Crippen LogP contribution in [0.2, 0.25) is 10.0 Å². The zero-order chi connectivity index (χ0) is 14.7. The van der Waals surface area contributed by atoms with Gasteiger partial charge in [-0.15, -0.1) is 0 Å². The molecule has 0 spiro atoms. The van der Waals surface area contributed by atoms with Gasteiger partial charge in [-0.25, -0.2) is 0 Å². The van der Waals surface area contributed by atoms with Crippen LogP contribution < -0.4 is 0 Å². The number of carbonyl (C=O) groups is 1. The Labute approximate surface area is 128 Å². The average Bonchev–Trinajstić information content (AvgIpc) is 2.41. The number of aliphatic hydroxyl groups is 1. The van der Waals surface area contributed by atoms with Gasteiger partial charge in [-0.2, -0.15) is 0 Å². The molecule has 0 aliphatic carbocycles. The maximum atomic E-state index is 12.2. The van der Waals surface area contributed by atoms with Crippen LogP contribution in [0.25, 0.3) is 0 Å². The van der Waals surface area contributed by atoms with E-state index in [0.717, 1.165) is 0 Å². The maximum absolute atomic E-state index is 12.2. The van der Waals surface area contributed by atoms with Gasteiger partial charge in [0.05, 0.1) is 35.4 Å². The van der Waals surface area contributed by atoms with Gasteiger partial charge < -0.3 is 9.84 Å². The molecule has 20 heavy (non-hydrogen) atoms. The molecule has 6 heteroatoms. The topological polar surface area (TPSA) is 49.8 Å². The summed E-state index contributed by atoms with van der Waals surface area (Å²) in [6.07, 6.45) is -0.233. The van der Waals surface area contributed by atoms with Crippen LogP contribution in [0, 0.1) is 0 Å². The molecule has 1 aliphatic rings. The number of aliphatic hydroxyl groups excluding tert-OH is 1. The van der Waals surface area contributed by atoms with Crippen LogP contribution in [0.1, 0.15) is 17.3 Å². The molecule has 110 valence electrons. The summed E-state index contributed by atoms with van der Waals surface area (Å²) < 4.78 is 5.55. The molecule has 0 amide bonds. The quantitative estimate of drug-likeness (QED) is 0.865. The van der Waals surface area contributed by atoms with Crippen LogP contribution in [0.15, 0.2) is 18.2 Å². The van der Waals surface area contributed by atoms with Gasteiger partial charge in [0.25, 0.3) is 0 Å². The Bertz CT molecular complexity index is 495. The van der Waals surface area contributed by atoms with Crippen LogP contribution in [-0.2, 0) is 4.74 Å². The minimum atomic E-state index is -0.236. The summed E-state index contributed by atoms with van der Waals surface area (Å²) in [7, 11) is 0. The first-order chi connectivity index (χ1) is 9.49. The maximum Gasteiger partial charge on any atom is 0.176 e. The molecule has 1 saturated heterocycles. The lowest BCUT2D eigenvalue weighted by Crippen LogP contribution is -2.49. The fraction of sp³-hybridized carbons (Fsp3) is 0.500. The van der Waals surface area contributed by atoms with Gasteiger partial charge in [-0.1, -0.05) is 23.2 Å². The van der Waals surface area contributed by atoms with Crippen molar-refractivity contribution in [3.63, 3.8) is 0 Å². The fourth-order valence-corrected chi connectivity index (χ4v) is 2.63. The predicted octanol–water partition coefficient (Wildman–Crippen LogP) is 2.26. The highest BCUT2D eigenvalue weighted by molar-refractivity contribution is 6.42. The van der Waals surface area contributed by atoms with Gasteiger partial charge in [-0.05, 0) is 25.1 Å². The Kier molecular flexibility index (Phi) is 5.41. The smallest absolute Gasteiger partial charge is 0.176 e. The van der Waals surface area contributed by atoms with Crippen molar-refractivity contribution in [2.24, 2.45) is 0 Å². The summed E-state index contributed by atoms with van der Waals surface area (Å²) in [5.41, 5.74) is 0.541. The average molecular weight is 318 g/mol. The van der Waals surface area contributed by atoms with Gasteiger partial charge in [0, 0.05) is 18.7 Å². The minimum Gasteiger partial charge on any atom is -0.394 e. The van der Waals surface area contributed by atoms with E-state index in [4.69, 9.17) is 27.9 Å². The Morgan fingerprint density at radius 2 is 2.15 bits per heavy atom. The third-order valence-corrected chi connectivity index (χ3v) is 3.95. The number of nitrogens with zero attached hydrogens (tertiary/aromatic N) is 1. The summed E-state index contributed by atoms with van der Waals surface area (Å²) in [6.45, 7) is 3.39. The van der Waals surface area contributed by atoms with Crippen molar-refractivity contribution in [3.05, 3.63) is 33.8 Å². The van der Waals surface area contributed by atoms with Crippen molar-refractivity contribution in [2.45, 2.75) is 19.1 Å². The highest BCUT2D eigenvalue weighted by Gasteiger charge is 2.26. The van der Waals surface area contributed by atoms with Crippen LogP contribution in [0.3, 0.4) is 0 Å². The number of carbonyl (C=O) groups excluding carboxylic acids is 1. The molecule has 0 bridgehead atoms. The second-order valence-electron chi connectivity index (χ2n) is 5.00. The minimum absolute atomic E-state index is 0.00232. The number of rotatable bonds is 4. The van der Waals surface area contributed by atoms with Crippen LogP contribution in [-0.4, -0.2) is 54.2 Å². The van der Waals surface area contributed by atoms with Crippen molar-refractivity contribution in [2.75, 3.05) is 26.2 Å². The SMILES string of the molecule is CC1CN(CC(=O)c2ccc(Cl)c(Cl)c2)CC(CO)O1. The van der Waals surface area contributed by atoms with Gasteiger partial charge in [-0.3, -0.25) is 9.69 Å². The van der Waals surface area contributed by atoms with E-state index in [0.29, 0.717) is 28.7 Å². The van der Waals surface area contributed by atoms with E-state index in [9.17, 15) is 9.90 Å². The van der Waals surface area contributed by atoms with E-state index in [2.05, 4.69) is 0 Å². The van der Waals surface area contributed by atoms with Crippen LogP contribution >= 0.6 is 23.2 Å². The predicted molar refractivity (Wildman–Crippen MR) is 78.7 cm³/mol. The molecule has 0 aromatic heterocycles. The number of ether oxygens (including phenoxy) is 1. The zero-order valence-electron chi connectivity index (χ0n) is 11.2. The second-order valence-corrected chi connectivity index (χ2v) is 5.81. The Hall–Kier alpha value is -0.650. The monoisotopic (exact) mass is 317 g/mol. The second kappa shape index (κ2) is 6.87.